The largest absolute Gasteiger partial charge is 0.394 e. The van der Waals surface area contributed by atoms with E-state index in [0.29, 0.717) is 0 Å². The van der Waals surface area contributed by atoms with Crippen LogP contribution in [0.15, 0.2) is 0 Å². The molecule has 55 heavy (non-hydrogen) atoms. The van der Waals surface area contributed by atoms with Crippen molar-refractivity contribution in [3.8, 4) is 0 Å². The van der Waals surface area contributed by atoms with E-state index in [-0.39, 0.29) is 26.2 Å². The molecule has 16 N–H and O–H groups in total. The zero-order valence-electron chi connectivity index (χ0n) is 29.6. The Morgan fingerprint density at radius 2 is 1.00 bits per heavy atom. The maximum Gasteiger partial charge on any atom is 0.234 e. The molecular formula is C30H54N4O21. The van der Waals surface area contributed by atoms with Crippen LogP contribution in [0.5, 0.6) is 0 Å². The van der Waals surface area contributed by atoms with Crippen molar-refractivity contribution in [2.75, 3.05) is 65.8 Å². The smallest absolute Gasteiger partial charge is 0.234 e. The second kappa shape index (κ2) is 22.6. The van der Waals surface area contributed by atoms with Crippen molar-refractivity contribution in [1.29, 1.82) is 0 Å². The lowest BCUT2D eigenvalue weighted by Gasteiger charge is -2.40. The Balaban J connectivity index is 1.59. The van der Waals surface area contributed by atoms with Crippen molar-refractivity contribution in [3.63, 3.8) is 0 Å². The van der Waals surface area contributed by atoms with Crippen LogP contribution < -0.4 is 16.4 Å². The first-order valence-corrected chi connectivity index (χ1v) is 17.4. The molecule has 3 heterocycles. The number of nitrogens with two attached hydrogens (primary N) is 1. The highest BCUT2D eigenvalue weighted by Gasteiger charge is 2.46. The highest BCUT2D eigenvalue weighted by molar-refractivity contribution is 5.83. The topological polar surface area (TPSA) is 403 Å². The minimum absolute atomic E-state index is 0.150. The molecule has 3 rings (SSSR count). The molecule has 3 amide bonds. The minimum Gasteiger partial charge on any atom is -0.394 e. The first kappa shape index (κ1) is 47.0. The van der Waals surface area contributed by atoms with Gasteiger partial charge in [0.25, 0.3) is 0 Å². The summed E-state index contributed by atoms with van der Waals surface area (Å²) in [6.07, 6.45) is -23.8. The van der Waals surface area contributed by atoms with Crippen LogP contribution >= 0.6 is 0 Å². The van der Waals surface area contributed by atoms with Crippen molar-refractivity contribution in [2.24, 2.45) is 5.73 Å². The van der Waals surface area contributed by atoms with Gasteiger partial charge in [-0.25, -0.2) is 0 Å². The molecule has 25 nitrogen and oxygen atoms in total. The molecule has 320 valence electrons. The molecule has 0 spiro atoms. The monoisotopic (exact) mass is 806 g/mol. The molecule has 3 aliphatic rings. The average molecular weight is 807 g/mol. The molecule has 16 atom stereocenters. The second-order valence-corrected chi connectivity index (χ2v) is 13.2. The lowest BCUT2D eigenvalue weighted by atomic mass is 9.99. The molecule has 3 saturated heterocycles. The van der Waals surface area contributed by atoms with Gasteiger partial charge in [-0.3, -0.25) is 19.3 Å². The SMILES string of the molecule is NC(=O)CN(CC(=O)NCCO[C@@H]1O[C@H](CO)[C@@H](O)[C@H](O)[C@@H]1O)CC(=O)N[C@H](CCO[C@H]1O[C@H](CO)[C@@H](O)[C@H](O)[C@@H]1O)CO[C@H]1O[C@H](CO)[C@@H](O)[C@H](O)[C@@H]1O. The normalized spacial score (nSPS) is 37.4. The Bertz CT molecular complexity index is 1190. The average Bonchev–Trinajstić information content (AvgIpc) is 3.14. The summed E-state index contributed by atoms with van der Waals surface area (Å²) in [4.78, 5) is 38.7. The summed E-state index contributed by atoms with van der Waals surface area (Å²) in [5.74, 6) is -2.40. The number of hydrogen-bond acceptors (Lipinski definition) is 22. The Labute approximate surface area is 313 Å². The van der Waals surface area contributed by atoms with Crippen LogP contribution in [0.2, 0.25) is 0 Å². The first-order chi connectivity index (χ1) is 26.0. The van der Waals surface area contributed by atoms with Gasteiger partial charge in [0.05, 0.1) is 65.3 Å². The predicted octanol–water partition coefficient (Wildman–Crippen LogP) is -10.8. The Kier molecular flexibility index (Phi) is 19.3. The van der Waals surface area contributed by atoms with Crippen LogP contribution in [0.1, 0.15) is 6.42 Å². The third-order valence-electron chi connectivity index (χ3n) is 8.94. The summed E-state index contributed by atoms with van der Waals surface area (Å²) in [5, 5.41) is 124. The number of primary amides is 1. The number of nitrogens with one attached hydrogen (secondary N) is 2. The summed E-state index contributed by atoms with van der Waals surface area (Å²) >= 11 is 0. The van der Waals surface area contributed by atoms with Crippen molar-refractivity contribution >= 4 is 17.7 Å². The zero-order valence-corrected chi connectivity index (χ0v) is 29.6. The summed E-state index contributed by atoms with van der Waals surface area (Å²) in [6.45, 7) is -5.09. The van der Waals surface area contributed by atoms with Gasteiger partial charge in [-0.15, -0.1) is 0 Å². The van der Waals surface area contributed by atoms with Crippen molar-refractivity contribution < 1.29 is 104 Å². The van der Waals surface area contributed by atoms with Gasteiger partial charge >= 0.3 is 0 Å². The second-order valence-electron chi connectivity index (χ2n) is 13.2. The van der Waals surface area contributed by atoms with Gasteiger partial charge in [-0.05, 0) is 6.42 Å². The Morgan fingerprint density at radius 1 is 0.582 bits per heavy atom. The Hall–Kier alpha value is -2.35. The summed E-state index contributed by atoms with van der Waals surface area (Å²) in [5.41, 5.74) is 5.31. The number of carbonyl (C=O) groups is 3. The number of ether oxygens (including phenoxy) is 6. The zero-order chi connectivity index (χ0) is 41.0. The maximum absolute atomic E-state index is 13.2. The summed E-state index contributed by atoms with van der Waals surface area (Å²) in [7, 11) is 0. The number of carbonyl (C=O) groups excluding carboxylic acids is 3. The molecule has 0 aromatic heterocycles. The molecule has 0 aromatic rings. The van der Waals surface area contributed by atoms with Gasteiger partial charge < -0.3 is 106 Å². The van der Waals surface area contributed by atoms with Gasteiger partial charge in [-0.1, -0.05) is 0 Å². The van der Waals surface area contributed by atoms with Crippen molar-refractivity contribution in [2.45, 2.75) is 105 Å². The summed E-state index contributed by atoms with van der Waals surface area (Å²) < 4.78 is 32.2. The number of hydrogen-bond donors (Lipinski definition) is 15. The molecule has 0 radical (unpaired) electrons. The third kappa shape index (κ3) is 13.4. The van der Waals surface area contributed by atoms with E-state index in [1.165, 1.54) is 0 Å². The number of nitrogens with zero attached hydrogens (tertiary/aromatic N) is 1. The molecule has 0 unspecified atom stereocenters. The lowest BCUT2D eigenvalue weighted by molar-refractivity contribution is -0.304. The van der Waals surface area contributed by atoms with Gasteiger partial charge in [0.1, 0.15) is 73.2 Å². The number of aliphatic hydroxyl groups excluding tert-OH is 12. The van der Waals surface area contributed by atoms with E-state index in [1.807, 2.05) is 0 Å². The predicted molar refractivity (Wildman–Crippen MR) is 174 cm³/mol. The number of amides is 3. The van der Waals surface area contributed by atoms with E-state index in [2.05, 4.69) is 10.6 Å². The van der Waals surface area contributed by atoms with Crippen LogP contribution in [-0.4, -0.2) is 248 Å². The Morgan fingerprint density at radius 3 is 1.44 bits per heavy atom. The van der Waals surface area contributed by atoms with E-state index < -0.39 is 162 Å². The fraction of sp³-hybridized carbons (Fsp3) is 0.900. The lowest BCUT2D eigenvalue weighted by Crippen LogP contribution is -2.60. The molecule has 0 aliphatic carbocycles. The van der Waals surface area contributed by atoms with Crippen LogP contribution in [-0.2, 0) is 42.8 Å². The van der Waals surface area contributed by atoms with Crippen molar-refractivity contribution in [1.82, 2.24) is 15.5 Å². The van der Waals surface area contributed by atoms with E-state index in [0.717, 1.165) is 4.90 Å². The van der Waals surface area contributed by atoms with Crippen molar-refractivity contribution in [3.05, 3.63) is 0 Å². The van der Waals surface area contributed by atoms with Crippen LogP contribution in [0.25, 0.3) is 0 Å². The molecule has 25 heteroatoms. The van der Waals surface area contributed by atoms with E-state index in [1.54, 1.807) is 0 Å². The van der Waals surface area contributed by atoms with Crippen LogP contribution in [0, 0.1) is 0 Å². The van der Waals surface area contributed by atoms with Gasteiger partial charge in [-0.2, -0.15) is 0 Å². The highest BCUT2D eigenvalue weighted by atomic mass is 16.7. The first-order valence-electron chi connectivity index (χ1n) is 17.4. The number of aliphatic hydroxyl groups is 12. The van der Waals surface area contributed by atoms with Gasteiger partial charge in [0.2, 0.25) is 17.7 Å². The molecule has 0 aromatic carbocycles. The molecule has 3 fully saturated rings. The maximum atomic E-state index is 13.2. The quantitative estimate of drug-likeness (QED) is 0.0479. The van der Waals surface area contributed by atoms with Gasteiger partial charge in [0.15, 0.2) is 18.9 Å². The van der Waals surface area contributed by atoms with Gasteiger partial charge in [0, 0.05) is 6.54 Å². The standard InChI is InChI=1S/C30H54N4O21/c31-16(38)5-34(6-17(39)32-2-4-51-29-26(48)23(45)20(42)14(9-36)54-29)7-18(40)33-12(11-52-30-27(49)24(46)21(43)15(10-37)55-30)1-3-50-28-25(47)22(44)19(41)13(8-35)53-28/h12-15,19-30,35-37,41-49H,1-11H2,(H2,31,38)(H,32,39)(H,33,40)/t12-,13-,14-,15-,19-,20-,21-,22+,23+,24+,25+,26+,27+,28+,29-,30+/m1/s1. The van der Waals surface area contributed by atoms with Crippen LogP contribution in [0.3, 0.4) is 0 Å². The van der Waals surface area contributed by atoms with E-state index in [4.69, 9.17) is 34.2 Å². The molecule has 0 bridgehead atoms. The fourth-order valence-corrected chi connectivity index (χ4v) is 5.84. The number of rotatable bonds is 21. The van der Waals surface area contributed by atoms with Crippen LogP contribution in [0.4, 0.5) is 0 Å². The highest BCUT2D eigenvalue weighted by Crippen LogP contribution is 2.24. The third-order valence-corrected chi connectivity index (χ3v) is 8.94. The fourth-order valence-electron chi connectivity index (χ4n) is 5.84. The van der Waals surface area contributed by atoms with E-state index >= 15 is 0 Å². The van der Waals surface area contributed by atoms with E-state index in [9.17, 15) is 75.7 Å². The molecule has 3 aliphatic heterocycles. The molecule has 0 saturated carbocycles. The minimum atomic E-state index is -1.79. The molecular weight excluding hydrogens is 752 g/mol. The summed E-state index contributed by atoms with van der Waals surface area (Å²) in [6, 6.07) is -1.05.